The average Bonchev–Trinajstić information content (AvgIpc) is 3.31. The van der Waals surface area contributed by atoms with E-state index in [1.165, 1.54) is 257 Å². The van der Waals surface area contributed by atoms with Gasteiger partial charge in [0.1, 0.15) is 0 Å². The first kappa shape index (κ1) is 65.2. The maximum absolute atomic E-state index is 12.8. The lowest BCUT2D eigenvalue weighted by molar-refractivity contribution is -0.123. The molecule has 0 saturated heterocycles. The number of unbranched alkanes of at least 4 members (excludes halogenated alkanes) is 44. The van der Waals surface area contributed by atoms with Gasteiger partial charge < -0.3 is 21.1 Å². The zero-order valence-electron chi connectivity index (χ0n) is 44.2. The summed E-state index contributed by atoms with van der Waals surface area (Å²) in [5.41, 5.74) is 5.40. The number of phosphoric ester groups is 1. The van der Waals surface area contributed by atoms with E-state index in [4.69, 9.17) is 14.8 Å². The Kier molecular flexibility index (Phi) is 53.0. The Balaban J connectivity index is 3.81. The van der Waals surface area contributed by atoms with Gasteiger partial charge in [-0.2, -0.15) is 0 Å². The lowest BCUT2D eigenvalue weighted by atomic mass is 10.0. The molecule has 0 aliphatic carbocycles. The fourth-order valence-corrected chi connectivity index (χ4v) is 9.96. The van der Waals surface area contributed by atoms with Gasteiger partial charge in [-0.05, 0) is 19.3 Å². The highest BCUT2D eigenvalue weighted by atomic mass is 31.2. The van der Waals surface area contributed by atoms with Crippen molar-refractivity contribution < 1.29 is 28.4 Å². The smallest absolute Gasteiger partial charge is 0.387 e. The molecular weight excluding hydrogens is 840 g/mol. The summed E-state index contributed by atoms with van der Waals surface area (Å²) in [7, 11) is -4.34. The largest absolute Gasteiger partial charge is 0.472 e. The molecule has 0 aromatic rings. The summed E-state index contributed by atoms with van der Waals surface area (Å²) in [5, 5.41) is 13.7. The molecule has 5 N–H and O–H groups in total. The maximum atomic E-state index is 12.8. The molecule has 0 rings (SSSR count). The first-order chi connectivity index (χ1) is 32.4. The van der Waals surface area contributed by atoms with Crippen molar-refractivity contribution >= 4 is 13.7 Å². The van der Waals surface area contributed by atoms with Gasteiger partial charge in [-0.3, -0.25) is 13.8 Å². The van der Waals surface area contributed by atoms with E-state index in [9.17, 15) is 19.4 Å². The van der Waals surface area contributed by atoms with Gasteiger partial charge in [-0.15, -0.1) is 0 Å². The Hall–Kier alpha value is -0.760. The predicted octanol–water partition coefficient (Wildman–Crippen LogP) is 17.9. The minimum atomic E-state index is -4.34. The molecule has 0 heterocycles. The Bertz CT molecular complexity index is 1050. The summed E-state index contributed by atoms with van der Waals surface area (Å²) in [4.78, 5) is 22.8. The van der Waals surface area contributed by atoms with Gasteiger partial charge in [-0.1, -0.05) is 302 Å². The van der Waals surface area contributed by atoms with Crippen LogP contribution in [-0.2, 0) is 18.4 Å². The summed E-state index contributed by atoms with van der Waals surface area (Å²) < 4.78 is 22.2. The van der Waals surface area contributed by atoms with Crippen molar-refractivity contribution in [1.29, 1.82) is 0 Å². The van der Waals surface area contributed by atoms with Gasteiger partial charge >= 0.3 is 7.82 Å². The highest BCUT2D eigenvalue weighted by molar-refractivity contribution is 7.47. The second-order valence-electron chi connectivity index (χ2n) is 20.2. The highest BCUT2D eigenvalue weighted by Crippen LogP contribution is 2.43. The summed E-state index contributed by atoms with van der Waals surface area (Å²) in [6.45, 7) is 4.18. The zero-order valence-corrected chi connectivity index (χ0v) is 45.1. The number of nitrogens with one attached hydrogen (secondary N) is 1. The van der Waals surface area contributed by atoms with Gasteiger partial charge in [0, 0.05) is 13.0 Å². The van der Waals surface area contributed by atoms with Crippen molar-refractivity contribution in [2.24, 2.45) is 5.73 Å². The van der Waals surface area contributed by atoms with E-state index in [0.29, 0.717) is 6.42 Å². The van der Waals surface area contributed by atoms with Crippen molar-refractivity contribution in [3.8, 4) is 0 Å². The summed E-state index contributed by atoms with van der Waals surface area (Å²) in [6.07, 6.45) is 64.6. The minimum absolute atomic E-state index is 0.0816. The van der Waals surface area contributed by atoms with Crippen molar-refractivity contribution in [3.63, 3.8) is 0 Å². The molecule has 0 fully saturated rings. The second kappa shape index (κ2) is 53.6. The average molecular weight is 956 g/mol. The van der Waals surface area contributed by atoms with E-state index in [1.54, 1.807) is 6.08 Å². The Morgan fingerprint density at radius 2 is 0.773 bits per heavy atom. The Labute approximate surface area is 411 Å². The van der Waals surface area contributed by atoms with Crippen LogP contribution in [0, 0.1) is 0 Å². The van der Waals surface area contributed by atoms with Crippen LogP contribution in [0.25, 0.3) is 0 Å². The number of aliphatic hydroxyl groups excluding tert-OH is 1. The standard InChI is InChI=1S/C57H115N2O6P/c1-3-5-7-9-11-13-15-17-19-20-21-22-23-24-25-26-27-28-29-30-31-32-33-34-35-36-37-39-41-43-45-47-49-51-57(61)59-55(54-65-66(62,63)64-53-52-58)56(60)50-48-46-44-42-40-38-18-16-14-12-10-8-6-4-2/h48,50,55-56,60H,3-47,49,51-54,58H2,1-2H3,(H,59,61)(H,62,63)/b50-48+/t55-,56+/m0/s1. The number of rotatable bonds is 56. The van der Waals surface area contributed by atoms with Crippen molar-refractivity contribution in [2.45, 2.75) is 328 Å². The topological polar surface area (TPSA) is 131 Å². The highest BCUT2D eigenvalue weighted by Gasteiger charge is 2.27. The lowest BCUT2D eigenvalue weighted by Gasteiger charge is -2.23. The molecule has 0 radical (unpaired) electrons. The molecule has 0 spiro atoms. The number of aliphatic hydroxyl groups is 1. The van der Waals surface area contributed by atoms with E-state index in [1.807, 2.05) is 6.08 Å². The third-order valence-corrected chi connectivity index (χ3v) is 14.6. The minimum Gasteiger partial charge on any atom is -0.387 e. The fourth-order valence-electron chi connectivity index (χ4n) is 9.20. The third kappa shape index (κ3) is 51.1. The predicted molar refractivity (Wildman–Crippen MR) is 286 cm³/mol. The van der Waals surface area contributed by atoms with E-state index < -0.39 is 20.0 Å². The molecule has 9 heteroatoms. The molecule has 0 saturated carbocycles. The summed E-state index contributed by atoms with van der Waals surface area (Å²) in [6, 6.07) is -0.856. The van der Waals surface area contributed by atoms with Gasteiger partial charge in [0.05, 0.1) is 25.4 Å². The van der Waals surface area contributed by atoms with Crippen LogP contribution in [0.2, 0.25) is 0 Å². The Morgan fingerprint density at radius 1 is 0.485 bits per heavy atom. The first-order valence-electron chi connectivity index (χ1n) is 29.3. The summed E-state index contributed by atoms with van der Waals surface area (Å²) in [5.74, 6) is -0.187. The van der Waals surface area contributed by atoms with Crippen molar-refractivity contribution in [2.75, 3.05) is 19.8 Å². The quantitative estimate of drug-likeness (QED) is 0.0271. The molecule has 66 heavy (non-hydrogen) atoms. The fraction of sp³-hybridized carbons (Fsp3) is 0.947. The molecule has 0 bridgehead atoms. The molecule has 0 aliphatic rings. The van der Waals surface area contributed by atoms with Crippen LogP contribution in [-0.4, -0.2) is 47.8 Å². The third-order valence-electron chi connectivity index (χ3n) is 13.6. The molecule has 1 amide bonds. The van der Waals surface area contributed by atoms with Crippen LogP contribution in [0.4, 0.5) is 0 Å². The van der Waals surface area contributed by atoms with Gasteiger partial charge in [0.25, 0.3) is 0 Å². The van der Waals surface area contributed by atoms with Gasteiger partial charge in [0.2, 0.25) is 5.91 Å². The van der Waals surface area contributed by atoms with E-state index in [2.05, 4.69) is 19.2 Å². The summed E-state index contributed by atoms with van der Waals surface area (Å²) >= 11 is 0. The van der Waals surface area contributed by atoms with E-state index in [-0.39, 0.29) is 25.7 Å². The van der Waals surface area contributed by atoms with Crippen LogP contribution < -0.4 is 11.1 Å². The van der Waals surface area contributed by atoms with E-state index in [0.717, 1.165) is 38.5 Å². The molecule has 8 nitrogen and oxygen atoms in total. The number of carbonyl (C=O) groups excluding carboxylic acids is 1. The second-order valence-corrected chi connectivity index (χ2v) is 21.7. The molecule has 394 valence electrons. The SMILES string of the molecule is CCCCCCCCCCCCCC/C=C/[C@@H](O)[C@H](COP(=O)(O)OCCN)NC(=O)CCCCCCCCCCCCCCCCCCCCCCCCCCCCCCCCCCC. The number of hydrogen-bond acceptors (Lipinski definition) is 6. The van der Waals surface area contributed by atoms with Crippen molar-refractivity contribution in [1.82, 2.24) is 5.32 Å². The number of allylic oxidation sites excluding steroid dienone is 1. The van der Waals surface area contributed by atoms with Crippen LogP contribution in [0.3, 0.4) is 0 Å². The van der Waals surface area contributed by atoms with E-state index >= 15 is 0 Å². The zero-order chi connectivity index (χ0) is 48.1. The molecular formula is C57H115N2O6P. The monoisotopic (exact) mass is 955 g/mol. The van der Waals surface area contributed by atoms with Gasteiger partial charge in [-0.25, -0.2) is 4.57 Å². The molecule has 1 unspecified atom stereocenters. The number of amides is 1. The van der Waals surface area contributed by atoms with Crippen LogP contribution >= 0.6 is 7.82 Å². The lowest BCUT2D eigenvalue weighted by Crippen LogP contribution is -2.45. The normalized spacial score (nSPS) is 13.7. The first-order valence-corrected chi connectivity index (χ1v) is 30.8. The van der Waals surface area contributed by atoms with Crippen LogP contribution in [0.1, 0.15) is 316 Å². The van der Waals surface area contributed by atoms with Crippen LogP contribution in [0.15, 0.2) is 12.2 Å². The van der Waals surface area contributed by atoms with Gasteiger partial charge in [0.15, 0.2) is 0 Å². The maximum Gasteiger partial charge on any atom is 0.472 e. The number of nitrogens with two attached hydrogens (primary N) is 1. The number of phosphoric acid groups is 1. The molecule has 3 atom stereocenters. The number of carbonyl (C=O) groups is 1. The molecule has 0 aliphatic heterocycles. The van der Waals surface area contributed by atoms with Crippen LogP contribution in [0.5, 0.6) is 0 Å². The molecule has 0 aromatic carbocycles. The van der Waals surface area contributed by atoms with Crippen molar-refractivity contribution in [3.05, 3.63) is 12.2 Å². The Morgan fingerprint density at radius 3 is 1.08 bits per heavy atom. The number of hydrogen-bond donors (Lipinski definition) is 4. The molecule has 0 aromatic heterocycles.